The van der Waals surface area contributed by atoms with Crippen molar-refractivity contribution in [2.45, 2.75) is 37.5 Å². The highest BCUT2D eigenvalue weighted by atomic mass is 16.6. The molecule has 4 fully saturated rings. The number of nitro groups is 1. The maximum Gasteiger partial charge on any atom is 0.276 e. The summed E-state index contributed by atoms with van der Waals surface area (Å²) in [6, 6.07) is 7.70. The SMILES string of the molecule is CO.COc1cc(N)c(C2CC2)cc1N1CCOCC1.COc1cc([N+](=O)[O-])c(C2CC2)cc1N1CCOCC1. The van der Waals surface area contributed by atoms with Crippen LogP contribution >= 0.6 is 0 Å². The lowest BCUT2D eigenvalue weighted by molar-refractivity contribution is -0.385. The minimum Gasteiger partial charge on any atom is -0.495 e. The highest BCUT2D eigenvalue weighted by molar-refractivity contribution is 5.69. The van der Waals surface area contributed by atoms with Crippen LogP contribution in [0.2, 0.25) is 0 Å². The van der Waals surface area contributed by atoms with Crippen LogP contribution in [-0.2, 0) is 9.47 Å². The summed E-state index contributed by atoms with van der Waals surface area (Å²) < 4.78 is 21.6. The first-order valence-electron chi connectivity index (χ1n) is 13.9. The van der Waals surface area contributed by atoms with Crippen molar-refractivity contribution in [1.82, 2.24) is 0 Å². The maximum atomic E-state index is 11.2. The van der Waals surface area contributed by atoms with Gasteiger partial charge in [0, 0.05) is 50.6 Å². The predicted octanol–water partition coefficient (Wildman–Crippen LogP) is 3.92. The fraction of sp³-hybridized carbons (Fsp3) is 0.586. The third-order valence-electron chi connectivity index (χ3n) is 7.65. The van der Waals surface area contributed by atoms with E-state index < -0.39 is 0 Å². The van der Waals surface area contributed by atoms with Gasteiger partial charge in [0.25, 0.3) is 5.69 Å². The number of ether oxygens (including phenoxy) is 4. The van der Waals surface area contributed by atoms with Crippen molar-refractivity contribution in [1.29, 1.82) is 0 Å². The van der Waals surface area contributed by atoms with Crippen molar-refractivity contribution in [3.63, 3.8) is 0 Å². The topological polar surface area (TPSA) is 133 Å². The molecule has 11 heteroatoms. The van der Waals surface area contributed by atoms with Gasteiger partial charge in [0.15, 0.2) is 0 Å². The third kappa shape index (κ3) is 7.07. The molecule has 0 unspecified atom stereocenters. The summed E-state index contributed by atoms with van der Waals surface area (Å²) in [7, 11) is 4.26. The summed E-state index contributed by atoms with van der Waals surface area (Å²) in [6.07, 6.45) is 4.60. The Morgan fingerprint density at radius 1 is 0.800 bits per heavy atom. The van der Waals surface area contributed by atoms with Crippen LogP contribution in [0.25, 0.3) is 0 Å². The molecule has 2 aliphatic carbocycles. The summed E-state index contributed by atoms with van der Waals surface area (Å²) in [4.78, 5) is 15.4. The first kappa shape index (κ1) is 29.7. The first-order valence-corrected chi connectivity index (χ1v) is 13.9. The number of aliphatic hydroxyl groups is 1. The summed E-state index contributed by atoms with van der Waals surface area (Å²) in [5.41, 5.74) is 11.4. The normalized spacial score (nSPS) is 18.6. The number of nitrogens with zero attached hydrogens (tertiary/aromatic N) is 3. The highest BCUT2D eigenvalue weighted by Crippen LogP contribution is 2.48. The highest BCUT2D eigenvalue weighted by Gasteiger charge is 2.33. The van der Waals surface area contributed by atoms with Crippen LogP contribution in [0.5, 0.6) is 11.5 Å². The minimum absolute atomic E-state index is 0.182. The summed E-state index contributed by atoms with van der Waals surface area (Å²) in [6.45, 7) is 6.35. The monoisotopic (exact) mass is 558 g/mol. The molecule has 0 atom stereocenters. The molecule has 6 rings (SSSR count). The van der Waals surface area contributed by atoms with Gasteiger partial charge >= 0.3 is 0 Å². The molecular weight excluding hydrogens is 516 g/mol. The molecule has 2 saturated carbocycles. The Kier molecular flexibility index (Phi) is 10.3. The van der Waals surface area contributed by atoms with E-state index in [2.05, 4.69) is 15.9 Å². The maximum absolute atomic E-state index is 11.2. The summed E-state index contributed by atoms with van der Waals surface area (Å²) >= 11 is 0. The zero-order chi connectivity index (χ0) is 28.6. The van der Waals surface area contributed by atoms with E-state index in [-0.39, 0.29) is 10.6 Å². The van der Waals surface area contributed by atoms with Gasteiger partial charge in [-0.05, 0) is 55.2 Å². The molecule has 2 aromatic rings. The van der Waals surface area contributed by atoms with Crippen molar-refractivity contribution in [2.75, 3.05) is 89.5 Å². The van der Waals surface area contributed by atoms with Gasteiger partial charge in [0.05, 0.1) is 63.0 Å². The molecule has 0 radical (unpaired) electrons. The number of methoxy groups -OCH3 is 2. The van der Waals surface area contributed by atoms with Gasteiger partial charge in [-0.2, -0.15) is 0 Å². The molecule has 40 heavy (non-hydrogen) atoms. The van der Waals surface area contributed by atoms with Crippen molar-refractivity contribution >= 4 is 22.7 Å². The van der Waals surface area contributed by atoms with Gasteiger partial charge in [-0.1, -0.05) is 0 Å². The second kappa shape index (κ2) is 13.9. The van der Waals surface area contributed by atoms with Gasteiger partial charge in [-0.25, -0.2) is 0 Å². The van der Waals surface area contributed by atoms with Gasteiger partial charge in [0.1, 0.15) is 11.5 Å². The molecule has 0 aromatic heterocycles. The van der Waals surface area contributed by atoms with Crippen LogP contribution < -0.4 is 25.0 Å². The molecule has 0 bridgehead atoms. The second-order valence-electron chi connectivity index (χ2n) is 10.2. The van der Waals surface area contributed by atoms with Crippen LogP contribution in [0.15, 0.2) is 24.3 Å². The number of hydrogen-bond acceptors (Lipinski definition) is 10. The average Bonchev–Trinajstić information content (AvgIpc) is 3.93. The Bertz CT molecular complexity index is 1140. The molecule has 220 valence electrons. The fourth-order valence-corrected chi connectivity index (χ4v) is 5.23. The molecule has 2 aliphatic heterocycles. The zero-order valence-corrected chi connectivity index (χ0v) is 23.8. The number of nitro benzene ring substituents is 1. The minimum atomic E-state index is -0.306. The molecule has 2 aromatic carbocycles. The Balaban J connectivity index is 0.000000175. The van der Waals surface area contributed by atoms with E-state index in [1.807, 2.05) is 12.1 Å². The number of morpholine rings is 2. The Hall–Kier alpha value is -3.28. The van der Waals surface area contributed by atoms with Crippen molar-refractivity contribution in [3.05, 3.63) is 45.5 Å². The van der Waals surface area contributed by atoms with Gasteiger partial charge in [-0.3, -0.25) is 10.1 Å². The predicted molar refractivity (Wildman–Crippen MR) is 155 cm³/mol. The number of benzene rings is 2. The van der Waals surface area contributed by atoms with E-state index in [4.69, 9.17) is 29.8 Å². The number of anilines is 3. The fourth-order valence-electron chi connectivity index (χ4n) is 5.23. The molecule has 11 nitrogen and oxygen atoms in total. The molecule has 3 N–H and O–H groups in total. The second-order valence-corrected chi connectivity index (χ2v) is 10.2. The van der Waals surface area contributed by atoms with Crippen LogP contribution in [0, 0.1) is 10.1 Å². The van der Waals surface area contributed by atoms with E-state index in [0.717, 1.165) is 87.7 Å². The van der Waals surface area contributed by atoms with E-state index in [9.17, 15) is 10.1 Å². The quantitative estimate of drug-likeness (QED) is 0.293. The van der Waals surface area contributed by atoms with E-state index in [1.54, 1.807) is 20.3 Å². The van der Waals surface area contributed by atoms with E-state index in [1.165, 1.54) is 18.4 Å². The van der Waals surface area contributed by atoms with Crippen LogP contribution in [-0.4, -0.2) is 84.0 Å². The molecule has 2 heterocycles. The summed E-state index contributed by atoms with van der Waals surface area (Å²) in [5, 5.41) is 18.2. The smallest absolute Gasteiger partial charge is 0.276 e. The van der Waals surface area contributed by atoms with Gasteiger partial charge in [0.2, 0.25) is 0 Å². The van der Waals surface area contributed by atoms with Gasteiger partial charge < -0.3 is 39.6 Å². The average molecular weight is 559 g/mol. The largest absolute Gasteiger partial charge is 0.495 e. The molecular formula is C29H42N4O7. The molecule has 2 saturated heterocycles. The molecule has 0 spiro atoms. The lowest BCUT2D eigenvalue weighted by atomic mass is 10.1. The van der Waals surface area contributed by atoms with Crippen molar-refractivity contribution in [2.24, 2.45) is 0 Å². The number of aliphatic hydroxyl groups excluding tert-OH is 1. The number of nitrogen functional groups attached to an aromatic ring is 1. The van der Waals surface area contributed by atoms with Gasteiger partial charge in [-0.15, -0.1) is 0 Å². The summed E-state index contributed by atoms with van der Waals surface area (Å²) in [5.74, 6) is 2.44. The van der Waals surface area contributed by atoms with Crippen molar-refractivity contribution in [3.8, 4) is 11.5 Å². The number of nitrogens with two attached hydrogens (primary N) is 1. The van der Waals surface area contributed by atoms with E-state index in [0.29, 0.717) is 30.8 Å². The van der Waals surface area contributed by atoms with Crippen LogP contribution in [0.4, 0.5) is 22.7 Å². The number of hydrogen-bond donors (Lipinski definition) is 2. The third-order valence-corrected chi connectivity index (χ3v) is 7.65. The Morgan fingerprint density at radius 3 is 1.65 bits per heavy atom. The van der Waals surface area contributed by atoms with Crippen molar-refractivity contribution < 1.29 is 29.0 Å². The van der Waals surface area contributed by atoms with Crippen LogP contribution in [0.3, 0.4) is 0 Å². The number of rotatable bonds is 7. The lowest BCUT2D eigenvalue weighted by Crippen LogP contribution is -2.36. The first-order chi connectivity index (χ1) is 19.5. The standard InChI is InChI=1S/C14H18N2O4.C14H20N2O2.CH4O/c1-19-14-9-12(16(17)18)11(10-2-3-10)8-13(14)15-4-6-20-7-5-15;1-17-14-9-12(15)11(10-2-3-10)8-13(14)16-4-6-18-7-5-16;1-2/h8-10H,2-7H2,1H3;8-10H,2-7,15H2,1H3;2H,1H3. The van der Waals surface area contributed by atoms with E-state index >= 15 is 0 Å². The lowest BCUT2D eigenvalue weighted by Gasteiger charge is -2.30. The Labute approximate surface area is 235 Å². The molecule has 4 aliphatic rings. The molecule has 0 amide bonds. The zero-order valence-electron chi connectivity index (χ0n) is 23.8. The van der Waals surface area contributed by atoms with Crippen LogP contribution in [0.1, 0.15) is 48.6 Å². The Morgan fingerprint density at radius 2 is 1.23 bits per heavy atom.